The summed E-state index contributed by atoms with van der Waals surface area (Å²) in [5, 5.41) is 0. The molecule has 1 fully saturated rings. The molecule has 1 aliphatic rings. The third kappa shape index (κ3) is 1.72. The van der Waals surface area contributed by atoms with Crippen LogP contribution >= 0.6 is 0 Å². The van der Waals surface area contributed by atoms with Crippen molar-refractivity contribution in [2.45, 2.75) is 38.7 Å². The van der Waals surface area contributed by atoms with Crippen molar-refractivity contribution in [2.24, 2.45) is 5.92 Å². The van der Waals surface area contributed by atoms with Gasteiger partial charge in [0.15, 0.2) is 0 Å². The first-order valence-corrected chi connectivity index (χ1v) is 3.93. The molecule has 0 aromatic carbocycles. The summed E-state index contributed by atoms with van der Waals surface area (Å²) in [5.74, 6) is 0.568. The van der Waals surface area contributed by atoms with E-state index in [-0.39, 0.29) is 6.10 Å². The van der Waals surface area contributed by atoms with Gasteiger partial charge >= 0.3 is 0 Å². The molecule has 0 saturated heterocycles. The summed E-state index contributed by atoms with van der Waals surface area (Å²) in [6.45, 7) is 2.72. The Labute approximate surface area is 61.6 Å². The highest BCUT2D eigenvalue weighted by atomic mass is 16.5. The Kier molecular flexibility index (Phi) is 2.72. The van der Waals surface area contributed by atoms with Gasteiger partial charge in [-0.15, -0.1) is 0 Å². The second-order valence-electron chi connectivity index (χ2n) is 3.03. The summed E-state index contributed by atoms with van der Waals surface area (Å²) in [7, 11) is 0. The number of carbonyl (C=O) groups is 1. The molecule has 0 unspecified atom stereocenters. The van der Waals surface area contributed by atoms with Crippen LogP contribution in [-0.2, 0) is 9.53 Å². The summed E-state index contributed by atoms with van der Waals surface area (Å²) < 4.78 is 4.91. The Morgan fingerprint density at radius 3 is 2.70 bits per heavy atom. The van der Waals surface area contributed by atoms with Crippen molar-refractivity contribution >= 4 is 6.47 Å². The predicted molar refractivity (Wildman–Crippen MR) is 38.6 cm³/mol. The molecule has 0 heterocycles. The molecule has 0 aromatic heterocycles. The molecule has 2 atom stereocenters. The van der Waals surface area contributed by atoms with Gasteiger partial charge in [-0.05, 0) is 25.2 Å². The summed E-state index contributed by atoms with van der Waals surface area (Å²) in [6.07, 6.45) is 4.97. The van der Waals surface area contributed by atoms with Crippen LogP contribution in [0.4, 0.5) is 0 Å². The third-order valence-electron chi connectivity index (χ3n) is 2.26. The van der Waals surface area contributed by atoms with Crippen LogP contribution in [0.3, 0.4) is 0 Å². The van der Waals surface area contributed by atoms with Crippen LogP contribution in [0.5, 0.6) is 0 Å². The van der Waals surface area contributed by atoms with E-state index in [2.05, 4.69) is 6.92 Å². The van der Waals surface area contributed by atoms with Gasteiger partial charge in [0.2, 0.25) is 0 Å². The predicted octanol–water partition coefficient (Wildman–Crippen LogP) is 1.74. The molecule has 1 saturated carbocycles. The lowest BCUT2D eigenvalue weighted by atomic mass is 9.88. The quantitative estimate of drug-likeness (QED) is 0.549. The average Bonchev–Trinajstić information content (AvgIpc) is 1.94. The molecule has 0 amide bonds. The van der Waals surface area contributed by atoms with Gasteiger partial charge < -0.3 is 4.74 Å². The van der Waals surface area contributed by atoms with E-state index in [1.807, 2.05) is 0 Å². The van der Waals surface area contributed by atoms with Crippen molar-refractivity contribution in [3.05, 3.63) is 0 Å². The SMILES string of the molecule is C[C@H]1CCCC[C@H]1OC=O. The number of hydrogen-bond acceptors (Lipinski definition) is 2. The highest BCUT2D eigenvalue weighted by Gasteiger charge is 2.21. The van der Waals surface area contributed by atoms with Crippen LogP contribution in [0.15, 0.2) is 0 Å². The summed E-state index contributed by atoms with van der Waals surface area (Å²) in [6, 6.07) is 0. The lowest BCUT2D eigenvalue weighted by molar-refractivity contribution is -0.137. The normalized spacial score (nSPS) is 33.3. The smallest absolute Gasteiger partial charge is 0.293 e. The van der Waals surface area contributed by atoms with Crippen molar-refractivity contribution in [3.8, 4) is 0 Å². The number of rotatable bonds is 2. The van der Waals surface area contributed by atoms with Crippen molar-refractivity contribution in [1.29, 1.82) is 0 Å². The fourth-order valence-electron chi connectivity index (χ4n) is 1.56. The van der Waals surface area contributed by atoms with Crippen LogP contribution in [0.25, 0.3) is 0 Å². The molecule has 1 rings (SSSR count). The molecule has 0 N–H and O–H groups in total. The molecule has 2 heteroatoms. The van der Waals surface area contributed by atoms with E-state index in [1.54, 1.807) is 0 Å². The average molecular weight is 142 g/mol. The van der Waals surface area contributed by atoms with Gasteiger partial charge in [0.1, 0.15) is 6.10 Å². The molecule has 58 valence electrons. The van der Waals surface area contributed by atoms with Crippen LogP contribution in [0.2, 0.25) is 0 Å². The Balaban J connectivity index is 2.32. The Hall–Kier alpha value is -0.530. The Morgan fingerprint density at radius 2 is 2.10 bits per heavy atom. The zero-order chi connectivity index (χ0) is 7.40. The molecule has 10 heavy (non-hydrogen) atoms. The first-order chi connectivity index (χ1) is 4.84. The van der Waals surface area contributed by atoms with Crippen molar-refractivity contribution in [1.82, 2.24) is 0 Å². The van der Waals surface area contributed by atoms with E-state index in [0.717, 1.165) is 6.42 Å². The summed E-state index contributed by atoms with van der Waals surface area (Å²) in [4.78, 5) is 10.00. The van der Waals surface area contributed by atoms with Gasteiger partial charge in [-0.1, -0.05) is 13.3 Å². The maximum absolute atomic E-state index is 10.00. The molecule has 0 aromatic rings. The van der Waals surface area contributed by atoms with Gasteiger partial charge in [-0.2, -0.15) is 0 Å². The van der Waals surface area contributed by atoms with Crippen molar-refractivity contribution in [3.63, 3.8) is 0 Å². The van der Waals surface area contributed by atoms with Crippen LogP contribution in [0, 0.1) is 5.92 Å². The minimum absolute atomic E-state index is 0.200. The minimum atomic E-state index is 0.200. The summed E-state index contributed by atoms with van der Waals surface area (Å²) >= 11 is 0. The first kappa shape index (κ1) is 7.58. The van der Waals surface area contributed by atoms with Crippen LogP contribution in [0.1, 0.15) is 32.6 Å². The second kappa shape index (κ2) is 3.59. The summed E-state index contributed by atoms with van der Waals surface area (Å²) in [5.41, 5.74) is 0. The second-order valence-corrected chi connectivity index (χ2v) is 3.03. The molecule has 1 aliphatic carbocycles. The minimum Gasteiger partial charge on any atom is -0.464 e. The number of ether oxygens (including phenoxy) is 1. The molecular weight excluding hydrogens is 128 g/mol. The lowest BCUT2D eigenvalue weighted by Crippen LogP contribution is -2.24. The highest BCUT2D eigenvalue weighted by Crippen LogP contribution is 2.25. The molecule has 0 radical (unpaired) electrons. The Morgan fingerprint density at radius 1 is 1.40 bits per heavy atom. The highest BCUT2D eigenvalue weighted by molar-refractivity contribution is 5.37. The topological polar surface area (TPSA) is 26.3 Å². The molecule has 2 nitrogen and oxygen atoms in total. The maximum atomic E-state index is 10.00. The molecular formula is C8H14O2. The Bertz CT molecular complexity index is 112. The van der Waals surface area contributed by atoms with E-state index >= 15 is 0 Å². The number of hydrogen-bond donors (Lipinski definition) is 0. The standard InChI is InChI=1S/C8H14O2/c1-7-4-2-3-5-8(7)10-6-9/h6-8H,2-5H2,1H3/t7-,8+/m0/s1. The largest absolute Gasteiger partial charge is 0.464 e. The third-order valence-corrected chi connectivity index (χ3v) is 2.26. The van der Waals surface area contributed by atoms with E-state index in [0.29, 0.717) is 12.4 Å². The zero-order valence-electron chi connectivity index (χ0n) is 6.38. The van der Waals surface area contributed by atoms with Crippen LogP contribution in [-0.4, -0.2) is 12.6 Å². The maximum Gasteiger partial charge on any atom is 0.293 e. The van der Waals surface area contributed by atoms with Gasteiger partial charge in [0, 0.05) is 0 Å². The van der Waals surface area contributed by atoms with E-state index in [4.69, 9.17) is 4.74 Å². The van der Waals surface area contributed by atoms with Gasteiger partial charge in [-0.25, -0.2) is 0 Å². The van der Waals surface area contributed by atoms with E-state index in [1.165, 1.54) is 19.3 Å². The van der Waals surface area contributed by atoms with Crippen molar-refractivity contribution in [2.75, 3.05) is 0 Å². The van der Waals surface area contributed by atoms with Crippen molar-refractivity contribution < 1.29 is 9.53 Å². The number of carbonyl (C=O) groups excluding carboxylic acids is 1. The first-order valence-electron chi connectivity index (χ1n) is 3.93. The molecule has 0 bridgehead atoms. The zero-order valence-corrected chi connectivity index (χ0v) is 6.38. The van der Waals surface area contributed by atoms with Crippen LogP contribution < -0.4 is 0 Å². The van der Waals surface area contributed by atoms with E-state index < -0.39 is 0 Å². The van der Waals surface area contributed by atoms with Gasteiger partial charge in [0.05, 0.1) is 0 Å². The monoisotopic (exact) mass is 142 g/mol. The fraction of sp³-hybridized carbons (Fsp3) is 0.875. The molecule has 0 spiro atoms. The van der Waals surface area contributed by atoms with Gasteiger partial charge in [-0.3, -0.25) is 4.79 Å². The molecule has 0 aliphatic heterocycles. The fourth-order valence-corrected chi connectivity index (χ4v) is 1.56. The lowest BCUT2D eigenvalue weighted by Gasteiger charge is -2.26. The van der Waals surface area contributed by atoms with Gasteiger partial charge in [0.25, 0.3) is 6.47 Å². The van der Waals surface area contributed by atoms with E-state index in [9.17, 15) is 4.79 Å².